The Morgan fingerprint density at radius 3 is 1.84 bits per heavy atom. The molecule has 0 fully saturated rings. The van der Waals surface area contributed by atoms with Crippen molar-refractivity contribution in [2.45, 2.75) is 63.1 Å². The second-order valence-electron chi connectivity index (χ2n) is 7.14. The van der Waals surface area contributed by atoms with Gasteiger partial charge in [-0.1, -0.05) is 6.42 Å². The van der Waals surface area contributed by atoms with Crippen molar-refractivity contribution >= 4 is 35.5 Å². The number of nitrogens with one attached hydrogen (secondary N) is 3. The first-order chi connectivity index (χ1) is 15.0. The molecule has 0 saturated carbocycles. The van der Waals surface area contributed by atoms with Gasteiger partial charge < -0.3 is 44.0 Å². The van der Waals surface area contributed by atoms with Crippen LogP contribution in [0.25, 0.3) is 0 Å². The summed E-state index contributed by atoms with van der Waals surface area (Å²) in [6.45, 7) is -0.0232. The van der Waals surface area contributed by atoms with Crippen LogP contribution in [0, 0.1) is 0 Å². The quantitative estimate of drug-likeness (QED) is 0.0987. The summed E-state index contributed by atoms with van der Waals surface area (Å²) < 4.78 is 0. The average molecular weight is 460 g/mol. The fourth-order valence-corrected chi connectivity index (χ4v) is 2.56. The van der Waals surface area contributed by atoms with Crippen molar-refractivity contribution < 1.29 is 33.9 Å². The number of carbonyl (C=O) groups is 6. The second-order valence-corrected chi connectivity index (χ2v) is 7.14. The molecule has 0 aromatic rings. The van der Waals surface area contributed by atoms with E-state index in [2.05, 4.69) is 16.0 Å². The summed E-state index contributed by atoms with van der Waals surface area (Å²) in [6, 6.07) is -3.57. The molecule has 12 N–H and O–H groups in total. The highest BCUT2D eigenvalue weighted by Crippen LogP contribution is 2.03. The zero-order chi connectivity index (χ0) is 24.7. The lowest BCUT2D eigenvalue weighted by Crippen LogP contribution is -2.54. The Morgan fingerprint density at radius 1 is 0.781 bits per heavy atom. The van der Waals surface area contributed by atoms with Crippen LogP contribution in [0.15, 0.2) is 0 Å². The largest absolute Gasteiger partial charge is 0.480 e. The summed E-state index contributed by atoms with van der Waals surface area (Å²) in [4.78, 5) is 69.8. The predicted octanol–water partition coefficient (Wildman–Crippen LogP) is -3.86. The molecular weight excluding hydrogens is 426 g/mol. The monoisotopic (exact) mass is 459 g/mol. The molecule has 3 unspecified atom stereocenters. The smallest absolute Gasteiger partial charge is 0.326 e. The van der Waals surface area contributed by atoms with E-state index in [0.717, 1.165) is 0 Å². The van der Waals surface area contributed by atoms with E-state index in [4.69, 9.17) is 22.9 Å². The van der Waals surface area contributed by atoms with E-state index in [-0.39, 0.29) is 25.7 Å². The lowest BCUT2D eigenvalue weighted by Gasteiger charge is -2.21. The zero-order valence-electron chi connectivity index (χ0n) is 17.8. The Kier molecular flexibility index (Phi) is 13.9. The maximum Gasteiger partial charge on any atom is 0.326 e. The number of nitrogens with two attached hydrogens (primary N) is 4. The number of carboxylic acid groups (broad SMARTS) is 1. The minimum atomic E-state index is -1.44. The minimum Gasteiger partial charge on any atom is -0.480 e. The van der Waals surface area contributed by atoms with Crippen molar-refractivity contribution in [3.63, 3.8) is 0 Å². The standard InChI is InChI=1S/C18H33N7O7/c19-8-2-1-3-10(20)16(29)23-9-15(28)24-11(4-6-13(21)26)17(30)25-12(18(31)32)5-7-14(22)27/h10-12H,1-9,19-20H2,(H2,21,26)(H2,22,27)(H,23,29)(H,24,28)(H,25,30)(H,31,32). The molecule has 0 spiro atoms. The molecule has 0 radical (unpaired) electrons. The molecule has 14 nitrogen and oxygen atoms in total. The summed E-state index contributed by atoms with van der Waals surface area (Å²) in [5.74, 6) is -5.12. The van der Waals surface area contributed by atoms with Gasteiger partial charge in [-0.15, -0.1) is 0 Å². The van der Waals surface area contributed by atoms with Crippen LogP contribution in [0.1, 0.15) is 44.9 Å². The van der Waals surface area contributed by atoms with Crippen molar-refractivity contribution in [2.24, 2.45) is 22.9 Å². The van der Waals surface area contributed by atoms with Gasteiger partial charge >= 0.3 is 5.97 Å². The van der Waals surface area contributed by atoms with E-state index in [1.54, 1.807) is 0 Å². The molecule has 32 heavy (non-hydrogen) atoms. The highest BCUT2D eigenvalue weighted by atomic mass is 16.4. The van der Waals surface area contributed by atoms with Crippen molar-refractivity contribution in [3.8, 4) is 0 Å². The van der Waals surface area contributed by atoms with E-state index in [1.165, 1.54) is 0 Å². The maximum absolute atomic E-state index is 12.5. The van der Waals surface area contributed by atoms with Crippen molar-refractivity contribution in [3.05, 3.63) is 0 Å². The van der Waals surface area contributed by atoms with Crippen molar-refractivity contribution in [1.29, 1.82) is 0 Å². The summed E-state index contributed by atoms with van der Waals surface area (Å²) in [5.41, 5.74) is 21.2. The highest BCUT2D eigenvalue weighted by Gasteiger charge is 2.27. The molecule has 0 aliphatic carbocycles. The van der Waals surface area contributed by atoms with Gasteiger partial charge in [0, 0.05) is 12.8 Å². The molecule has 0 aliphatic rings. The van der Waals surface area contributed by atoms with Crippen LogP contribution in [0.3, 0.4) is 0 Å². The summed E-state index contributed by atoms with van der Waals surface area (Å²) in [7, 11) is 0. The number of hydrogen-bond donors (Lipinski definition) is 8. The van der Waals surface area contributed by atoms with Gasteiger partial charge in [-0.3, -0.25) is 24.0 Å². The molecule has 0 aromatic carbocycles. The Hall–Kier alpha value is -3.26. The fraction of sp³-hybridized carbons (Fsp3) is 0.667. The third-order valence-electron chi connectivity index (χ3n) is 4.35. The van der Waals surface area contributed by atoms with Crippen LogP contribution in [-0.4, -0.2) is 71.8 Å². The van der Waals surface area contributed by atoms with E-state index in [1.807, 2.05) is 0 Å². The van der Waals surface area contributed by atoms with Gasteiger partial charge in [0.15, 0.2) is 0 Å². The molecule has 0 bridgehead atoms. The van der Waals surface area contributed by atoms with E-state index in [9.17, 15) is 33.9 Å². The molecular formula is C18H33N7O7. The maximum atomic E-state index is 12.5. The number of carboxylic acids is 1. The fourth-order valence-electron chi connectivity index (χ4n) is 2.56. The molecule has 0 saturated heterocycles. The lowest BCUT2D eigenvalue weighted by molar-refractivity contribution is -0.142. The van der Waals surface area contributed by atoms with Crippen LogP contribution in [0.5, 0.6) is 0 Å². The Bertz CT molecular complexity index is 687. The van der Waals surface area contributed by atoms with Crippen LogP contribution in [0.4, 0.5) is 0 Å². The molecule has 5 amide bonds. The summed E-state index contributed by atoms with van der Waals surface area (Å²) in [5, 5.41) is 16.0. The Labute approximate surface area is 185 Å². The Balaban J connectivity index is 4.91. The number of rotatable bonds is 17. The molecule has 0 heterocycles. The summed E-state index contributed by atoms with van der Waals surface area (Å²) >= 11 is 0. The summed E-state index contributed by atoms with van der Waals surface area (Å²) in [6.07, 6.45) is 0.716. The second kappa shape index (κ2) is 15.5. The minimum absolute atomic E-state index is 0.207. The predicted molar refractivity (Wildman–Crippen MR) is 112 cm³/mol. The van der Waals surface area contributed by atoms with Gasteiger partial charge in [0.05, 0.1) is 12.6 Å². The molecule has 182 valence electrons. The third-order valence-corrected chi connectivity index (χ3v) is 4.35. The third kappa shape index (κ3) is 13.1. The van der Waals surface area contributed by atoms with Crippen LogP contribution >= 0.6 is 0 Å². The van der Waals surface area contributed by atoms with E-state index >= 15 is 0 Å². The number of hydrogen-bond acceptors (Lipinski definition) is 8. The van der Waals surface area contributed by atoms with Gasteiger partial charge in [0.2, 0.25) is 29.5 Å². The average Bonchev–Trinajstić information content (AvgIpc) is 2.71. The number of aliphatic carboxylic acids is 1. The van der Waals surface area contributed by atoms with Gasteiger partial charge in [0.1, 0.15) is 12.1 Å². The number of carbonyl (C=O) groups excluding carboxylic acids is 5. The Morgan fingerprint density at radius 2 is 1.34 bits per heavy atom. The van der Waals surface area contributed by atoms with Crippen molar-refractivity contribution in [1.82, 2.24) is 16.0 Å². The van der Waals surface area contributed by atoms with Gasteiger partial charge in [-0.2, -0.15) is 0 Å². The molecule has 0 aromatic heterocycles. The lowest BCUT2D eigenvalue weighted by atomic mass is 10.1. The van der Waals surface area contributed by atoms with Crippen molar-refractivity contribution in [2.75, 3.05) is 13.1 Å². The first-order valence-corrected chi connectivity index (χ1v) is 10.1. The first-order valence-electron chi connectivity index (χ1n) is 10.1. The number of primary amides is 2. The van der Waals surface area contributed by atoms with E-state index < -0.39 is 60.2 Å². The first kappa shape index (κ1) is 28.7. The topological polar surface area (TPSA) is 263 Å². The van der Waals surface area contributed by atoms with Gasteiger partial charge in [-0.25, -0.2) is 4.79 Å². The van der Waals surface area contributed by atoms with Gasteiger partial charge in [0.25, 0.3) is 0 Å². The highest BCUT2D eigenvalue weighted by molar-refractivity contribution is 5.93. The molecule has 14 heteroatoms. The molecule has 3 atom stereocenters. The van der Waals surface area contributed by atoms with Crippen LogP contribution < -0.4 is 38.9 Å². The normalized spacial score (nSPS) is 13.3. The SMILES string of the molecule is NCCCCC(N)C(=O)NCC(=O)NC(CCC(N)=O)C(=O)NC(CCC(N)=O)C(=O)O. The van der Waals surface area contributed by atoms with Crippen LogP contribution in [-0.2, 0) is 28.8 Å². The molecule has 0 aliphatic heterocycles. The number of unbranched alkanes of at least 4 members (excludes halogenated alkanes) is 1. The van der Waals surface area contributed by atoms with Crippen LogP contribution in [0.2, 0.25) is 0 Å². The molecule has 0 rings (SSSR count). The van der Waals surface area contributed by atoms with E-state index in [0.29, 0.717) is 25.8 Å². The van der Waals surface area contributed by atoms with Gasteiger partial charge in [-0.05, 0) is 32.2 Å². The number of amides is 5. The zero-order valence-corrected chi connectivity index (χ0v) is 17.8.